The van der Waals surface area contributed by atoms with Crippen LogP contribution in [-0.4, -0.2) is 53.2 Å². The molecule has 4 rings (SSSR count). The molecule has 0 aromatic heterocycles. The molecule has 0 radical (unpaired) electrons. The van der Waals surface area contributed by atoms with Gasteiger partial charge in [-0.3, -0.25) is 14.4 Å². The lowest BCUT2D eigenvalue weighted by atomic mass is 10.1. The van der Waals surface area contributed by atoms with E-state index >= 15 is 0 Å². The predicted molar refractivity (Wildman–Crippen MR) is 133 cm³/mol. The van der Waals surface area contributed by atoms with Crippen LogP contribution < -0.4 is 15.4 Å². The summed E-state index contributed by atoms with van der Waals surface area (Å²) in [6.07, 6.45) is 3.36. The fourth-order valence-electron chi connectivity index (χ4n) is 3.95. The number of piperidine rings is 1. The molecule has 2 aliphatic heterocycles. The van der Waals surface area contributed by atoms with Crippen molar-refractivity contribution < 1.29 is 23.5 Å². The lowest BCUT2D eigenvalue weighted by Crippen LogP contribution is -2.33. The molecular weight excluding hydrogens is 471 g/mol. The number of aliphatic imine (C=N–C) groups is 1. The lowest BCUT2D eigenvalue weighted by Gasteiger charge is -2.27. The van der Waals surface area contributed by atoms with Crippen molar-refractivity contribution in [1.82, 2.24) is 10.2 Å². The minimum Gasteiger partial charge on any atom is -0.494 e. The van der Waals surface area contributed by atoms with E-state index in [0.717, 1.165) is 25.9 Å². The SMILES string of the molecule is COc1ccc(CNC(=O)c2cccc(NC(=O)CC3SC(N4CCCCC4)=NC3=O)c2)cc1F. The molecule has 1 fully saturated rings. The Bertz CT molecular complexity index is 1150. The molecule has 10 heteroatoms. The molecule has 1 atom stereocenters. The van der Waals surface area contributed by atoms with Crippen LogP contribution in [0.15, 0.2) is 47.5 Å². The maximum absolute atomic E-state index is 13.8. The predicted octanol–water partition coefficient (Wildman–Crippen LogP) is 3.58. The topological polar surface area (TPSA) is 100 Å². The number of rotatable bonds is 7. The first-order valence-electron chi connectivity index (χ1n) is 11.5. The van der Waals surface area contributed by atoms with Crippen molar-refractivity contribution in [2.45, 2.75) is 37.5 Å². The highest BCUT2D eigenvalue weighted by Crippen LogP contribution is 2.29. The number of amides is 3. The smallest absolute Gasteiger partial charge is 0.262 e. The van der Waals surface area contributed by atoms with Gasteiger partial charge in [0.25, 0.3) is 11.8 Å². The van der Waals surface area contributed by atoms with Crippen LogP contribution in [0.4, 0.5) is 10.1 Å². The quantitative estimate of drug-likeness (QED) is 0.605. The molecule has 0 spiro atoms. The van der Waals surface area contributed by atoms with Crippen LogP contribution in [0.3, 0.4) is 0 Å². The van der Waals surface area contributed by atoms with E-state index in [0.29, 0.717) is 22.0 Å². The van der Waals surface area contributed by atoms with E-state index < -0.39 is 11.1 Å². The van der Waals surface area contributed by atoms with E-state index in [9.17, 15) is 18.8 Å². The molecule has 3 amide bonds. The highest BCUT2D eigenvalue weighted by atomic mass is 32.2. The average Bonchev–Trinajstić information content (AvgIpc) is 3.23. The number of hydrogen-bond donors (Lipinski definition) is 2. The maximum atomic E-state index is 13.8. The van der Waals surface area contributed by atoms with Crippen molar-refractivity contribution in [1.29, 1.82) is 0 Å². The summed E-state index contributed by atoms with van der Waals surface area (Å²) in [6.45, 7) is 1.91. The second kappa shape index (κ2) is 11.4. The molecule has 184 valence electrons. The Kier molecular flexibility index (Phi) is 8.02. The number of ether oxygens (including phenoxy) is 1. The first-order chi connectivity index (χ1) is 16.9. The van der Waals surface area contributed by atoms with Crippen molar-refractivity contribution in [3.05, 3.63) is 59.4 Å². The van der Waals surface area contributed by atoms with Crippen LogP contribution in [0.1, 0.15) is 41.6 Å². The first kappa shape index (κ1) is 24.7. The third kappa shape index (κ3) is 6.39. The number of anilines is 1. The van der Waals surface area contributed by atoms with Crippen molar-refractivity contribution in [3.8, 4) is 5.75 Å². The zero-order chi connectivity index (χ0) is 24.8. The molecule has 2 aromatic carbocycles. The van der Waals surface area contributed by atoms with Gasteiger partial charge in [-0.05, 0) is 55.2 Å². The molecule has 2 heterocycles. The van der Waals surface area contributed by atoms with Gasteiger partial charge in [0.1, 0.15) is 5.25 Å². The largest absolute Gasteiger partial charge is 0.494 e. The summed E-state index contributed by atoms with van der Waals surface area (Å²) >= 11 is 1.35. The number of benzene rings is 2. The number of likely N-dealkylation sites (tertiary alicyclic amines) is 1. The van der Waals surface area contributed by atoms with Gasteiger partial charge in [0.2, 0.25) is 5.91 Å². The minimum atomic E-state index is -0.539. The highest BCUT2D eigenvalue weighted by molar-refractivity contribution is 8.15. The van der Waals surface area contributed by atoms with Crippen LogP contribution in [0.25, 0.3) is 0 Å². The summed E-state index contributed by atoms with van der Waals surface area (Å²) in [6, 6.07) is 11.0. The summed E-state index contributed by atoms with van der Waals surface area (Å²) in [7, 11) is 1.39. The number of hydrogen-bond acceptors (Lipinski definition) is 6. The summed E-state index contributed by atoms with van der Waals surface area (Å²) in [5.41, 5.74) is 1.38. The van der Waals surface area contributed by atoms with Gasteiger partial charge in [-0.15, -0.1) is 0 Å². The molecule has 2 aliphatic rings. The maximum Gasteiger partial charge on any atom is 0.262 e. The second-order valence-corrected chi connectivity index (χ2v) is 9.54. The van der Waals surface area contributed by atoms with Crippen molar-refractivity contribution >= 4 is 40.3 Å². The van der Waals surface area contributed by atoms with E-state index in [4.69, 9.17) is 4.74 Å². The number of halogens is 1. The Labute approximate surface area is 207 Å². The number of amidine groups is 1. The van der Waals surface area contributed by atoms with E-state index in [1.54, 1.807) is 30.3 Å². The van der Waals surface area contributed by atoms with E-state index in [-0.39, 0.29) is 36.4 Å². The Morgan fingerprint density at radius 1 is 1.17 bits per heavy atom. The van der Waals surface area contributed by atoms with Gasteiger partial charge >= 0.3 is 0 Å². The summed E-state index contributed by atoms with van der Waals surface area (Å²) in [5.74, 6) is -1.34. The van der Waals surface area contributed by atoms with Gasteiger partial charge in [-0.2, -0.15) is 4.99 Å². The van der Waals surface area contributed by atoms with Crippen LogP contribution in [0, 0.1) is 5.82 Å². The van der Waals surface area contributed by atoms with Gasteiger partial charge in [-0.25, -0.2) is 4.39 Å². The van der Waals surface area contributed by atoms with E-state index in [2.05, 4.69) is 20.5 Å². The molecule has 1 unspecified atom stereocenters. The van der Waals surface area contributed by atoms with Crippen molar-refractivity contribution in [2.75, 3.05) is 25.5 Å². The molecule has 0 saturated carbocycles. The second-order valence-electron chi connectivity index (χ2n) is 8.37. The Morgan fingerprint density at radius 2 is 1.97 bits per heavy atom. The molecule has 1 saturated heterocycles. The number of carbonyl (C=O) groups excluding carboxylic acids is 3. The van der Waals surface area contributed by atoms with Gasteiger partial charge < -0.3 is 20.3 Å². The van der Waals surface area contributed by atoms with E-state index in [1.807, 2.05) is 0 Å². The van der Waals surface area contributed by atoms with Crippen LogP contribution >= 0.6 is 11.8 Å². The van der Waals surface area contributed by atoms with Crippen molar-refractivity contribution in [2.24, 2.45) is 4.99 Å². The highest BCUT2D eigenvalue weighted by Gasteiger charge is 2.33. The standard InChI is InChI=1S/C25H27FN4O4S/c1-34-20-9-8-16(12-19(20)26)15-27-23(32)17-6-5-7-18(13-17)28-22(31)14-21-24(33)29-25(35-21)30-10-3-2-4-11-30/h5-9,12-13,21H,2-4,10-11,14-15H2,1H3,(H,27,32)(H,28,31). The normalized spacial score (nSPS) is 17.7. The van der Waals surface area contributed by atoms with Crippen LogP contribution in [-0.2, 0) is 16.1 Å². The minimum absolute atomic E-state index is 0.00377. The number of carbonyl (C=O) groups is 3. The van der Waals surface area contributed by atoms with Crippen LogP contribution in [0.5, 0.6) is 5.75 Å². The van der Waals surface area contributed by atoms with Crippen LogP contribution in [0.2, 0.25) is 0 Å². The molecule has 35 heavy (non-hydrogen) atoms. The number of nitrogens with zero attached hydrogens (tertiary/aromatic N) is 2. The molecule has 2 N–H and O–H groups in total. The monoisotopic (exact) mass is 498 g/mol. The van der Waals surface area contributed by atoms with Gasteiger partial charge in [0.15, 0.2) is 16.7 Å². The molecule has 8 nitrogen and oxygen atoms in total. The number of nitrogens with one attached hydrogen (secondary N) is 2. The fourth-order valence-corrected chi connectivity index (χ4v) is 5.07. The average molecular weight is 499 g/mol. The van der Waals surface area contributed by atoms with Crippen molar-refractivity contribution in [3.63, 3.8) is 0 Å². The fraction of sp³-hybridized carbons (Fsp3) is 0.360. The van der Waals surface area contributed by atoms with E-state index in [1.165, 1.54) is 37.4 Å². The summed E-state index contributed by atoms with van der Waals surface area (Å²) in [5, 5.41) is 5.67. The molecular formula is C25H27FN4O4S. The Morgan fingerprint density at radius 3 is 2.71 bits per heavy atom. The summed E-state index contributed by atoms with van der Waals surface area (Å²) in [4.78, 5) is 43.7. The van der Waals surface area contributed by atoms with Gasteiger partial charge in [-0.1, -0.05) is 23.9 Å². The number of thioether (sulfide) groups is 1. The Balaban J connectivity index is 1.29. The third-order valence-electron chi connectivity index (χ3n) is 5.80. The molecule has 0 bridgehead atoms. The third-order valence-corrected chi connectivity index (χ3v) is 7.02. The zero-order valence-electron chi connectivity index (χ0n) is 19.4. The first-order valence-corrected chi connectivity index (χ1v) is 12.4. The number of methoxy groups -OCH3 is 1. The van der Waals surface area contributed by atoms with Gasteiger partial charge in [0, 0.05) is 37.3 Å². The summed E-state index contributed by atoms with van der Waals surface area (Å²) < 4.78 is 18.7. The zero-order valence-corrected chi connectivity index (χ0v) is 20.2. The lowest BCUT2D eigenvalue weighted by molar-refractivity contribution is -0.121. The molecule has 0 aliphatic carbocycles. The Hall–Kier alpha value is -3.40. The molecule has 2 aromatic rings. The van der Waals surface area contributed by atoms with Gasteiger partial charge in [0.05, 0.1) is 7.11 Å².